The first-order chi connectivity index (χ1) is 8.35. The lowest BCUT2D eigenvalue weighted by molar-refractivity contribution is 0.0819. The summed E-state index contributed by atoms with van der Waals surface area (Å²) in [6.07, 6.45) is 1.98. The minimum Gasteiger partial charge on any atom is -0.508 e. The van der Waals surface area contributed by atoms with Crippen LogP contribution >= 0.6 is 11.8 Å². The Morgan fingerprint density at radius 1 is 1.44 bits per heavy atom. The zero-order valence-electron chi connectivity index (χ0n) is 11.5. The molecule has 102 valence electrons. The van der Waals surface area contributed by atoms with Gasteiger partial charge in [-0.25, -0.2) is 0 Å². The third-order valence-corrected chi connectivity index (χ3v) is 3.81. The largest absolute Gasteiger partial charge is 0.508 e. The molecule has 0 aliphatic carbocycles. The van der Waals surface area contributed by atoms with Crippen molar-refractivity contribution in [1.82, 2.24) is 5.32 Å². The lowest BCUT2D eigenvalue weighted by Crippen LogP contribution is -2.40. The topological polar surface area (TPSA) is 52.5 Å². The second kappa shape index (κ2) is 6.45. The number of benzene rings is 1. The average molecular weight is 269 g/mol. The van der Waals surface area contributed by atoms with Gasteiger partial charge in [0.05, 0.1) is 5.60 Å². The molecule has 1 rings (SSSR count). The molecule has 0 aliphatic rings. The van der Waals surface area contributed by atoms with E-state index in [2.05, 4.69) is 5.32 Å². The Morgan fingerprint density at radius 3 is 2.67 bits per heavy atom. The number of hydrogen-bond donors (Lipinski definition) is 3. The number of phenols is 1. The normalized spacial score (nSPS) is 16.3. The second-order valence-corrected chi connectivity index (χ2v) is 5.96. The lowest BCUT2D eigenvalue weighted by atomic mass is 10.0. The van der Waals surface area contributed by atoms with Crippen molar-refractivity contribution in [3.05, 3.63) is 29.3 Å². The smallest absolute Gasteiger partial charge is 0.120 e. The van der Waals surface area contributed by atoms with Crippen LogP contribution in [0.3, 0.4) is 0 Å². The van der Waals surface area contributed by atoms with Crippen molar-refractivity contribution in [1.29, 1.82) is 0 Å². The summed E-state index contributed by atoms with van der Waals surface area (Å²) in [7, 11) is 0. The van der Waals surface area contributed by atoms with Crippen LogP contribution in [0.5, 0.6) is 5.75 Å². The molecule has 0 fully saturated rings. The van der Waals surface area contributed by atoms with Gasteiger partial charge in [-0.1, -0.05) is 12.1 Å². The molecule has 1 aromatic rings. The maximum absolute atomic E-state index is 10.1. The number of hydrogen-bond acceptors (Lipinski definition) is 4. The molecule has 3 nitrogen and oxygen atoms in total. The maximum atomic E-state index is 10.1. The Labute approximate surface area is 114 Å². The van der Waals surface area contributed by atoms with Gasteiger partial charge in [0.2, 0.25) is 0 Å². The summed E-state index contributed by atoms with van der Waals surface area (Å²) in [6.45, 7) is 6.25. The van der Waals surface area contributed by atoms with E-state index in [9.17, 15) is 10.2 Å². The van der Waals surface area contributed by atoms with Crippen molar-refractivity contribution in [3.63, 3.8) is 0 Å². The lowest BCUT2D eigenvalue weighted by Gasteiger charge is -2.25. The molecule has 0 heterocycles. The molecule has 0 saturated carbocycles. The minimum absolute atomic E-state index is 0.0129. The number of phenolic OH excluding ortho intramolecular Hbond substituents is 1. The van der Waals surface area contributed by atoms with E-state index in [4.69, 9.17) is 0 Å². The van der Waals surface area contributed by atoms with Crippen molar-refractivity contribution in [2.45, 2.75) is 32.4 Å². The van der Waals surface area contributed by atoms with E-state index in [1.807, 2.05) is 39.2 Å². The van der Waals surface area contributed by atoms with Crippen LogP contribution in [-0.2, 0) is 0 Å². The highest BCUT2D eigenvalue weighted by molar-refractivity contribution is 7.98. The zero-order chi connectivity index (χ0) is 13.8. The molecule has 0 aliphatic heterocycles. The Morgan fingerprint density at radius 2 is 2.11 bits per heavy atom. The predicted molar refractivity (Wildman–Crippen MR) is 78.3 cm³/mol. The fourth-order valence-corrected chi connectivity index (χ4v) is 2.59. The first-order valence-corrected chi connectivity index (χ1v) is 7.49. The van der Waals surface area contributed by atoms with Gasteiger partial charge in [-0.3, -0.25) is 0 Å². The van der Waals surface area contributed by atoms with E-state index in [0.29, 0.717) is 18.0 Å². The molecule has 0 spiro atoms. The molecule has 0 amide bonds. The molecule has 1 aromatic carbocycles. The van der Waals surface area contributed by atoms with Crippen LogP contribution in [0.25, 0.3) is 0 Å². The van der Waals surface area contributed by atoms with Gasteiger partial charge in [0.25, 0.3) is 0 Å². The number of aryl methyl sites for hydroxylation is 1. The average Bonchev–Trinajstić information content (AvgIpc) is 2.26. The quantitative estimate of drug-likeness (QED) is 0.742. The van der Waals surface area contributed by atoms with Crippen LogP contribution < -0.4 is 5.32 Å². The molecule has 0 aromatic heterocycles. The van der Waals surface area contributed by atoms with Crippen molar-refractivity contribution in [2.24, 2.45) is 0 Å². The summed E-state index contributed by atoms with van der Waals surface area (Å²) in [4.78, 5) is 0. The number of aromatic hydroxyl groups is 1. The molecule has 4 heteroatoms. The molecule has 18 heavy (non-hydrogen) atoms. The summed E-state index contributed by atoms with van der Waals surface area (Å²) in [5.41, 5.74) is 1.17. The van der Waals surface area contributed by atoms with Gasteiger partial charge in [0.15, 0.2) is 0 Å². The Kier molecular flexibility index (Phi) is 5.50. The van der Waals surface area contributed by atoms with E-state index in [0.717, 1.165) is 11.1 Å². The highest BCUT2D eigenvalue weighted by Crippen LogP contribution is 2.25. The summed E-state index contributed by atoms with van der Waals surface area (Å²) in [5, 5.41) is 23.2. The van der Waals surface area contributed by atoms with Gasteiger partial charge in [-0.15, -0.1) is 0 Å². The number of aliphatic hydroxyl groups is 1. The van der Waals surface area contributed by atoms with Gasteiger partial charge in [-0.2, -0.15) is 11.8 Å². The summed E-state index contributed by atoms with van der Waals surface area (Å²) < 4.78 is 0. The van der Waals surface area contributed by atoms with Crippen molar-refractivity contribution in [2.75, 3.05) is 18.6 Å². The molecule has 3 N–H and O–H groups in total. The van der Waals surface area contributed by atoms with Gasteiger partial charge < -0.3 is 15.5 Å². The Hall–Kier alpha value is -0.710. The van der Waals surface area contributed by atoms with Crippen LogP contribution in [0.4, 0.5) is 0 Å². The number of thioether (sulfide) groups is 1. The van der Waals surface area contributed by atoms with Crippen LogP contribution in [-0.4, -0.2) is 34.4 Å². The van der Waals surface area contributed by atoms with E-state index in [-0.39, 0.29) is 6.04 Å². The highest BCUT2D eigenvalue weighted by atomic mass is 32.2. The zero-order valence-corrected chi connectivity index (χ0v) is 12.3. The first-order valence-electron chi connectivity index (χ1n) is 6.10. The number of rotatable bonds is 6. The molecule has 2 unspecified atom stereocenters. The van der Waals surface area contributed by atoms with E-state index < -0.39 is 5.60 Å². The summed E-state index contributed by atoms with van der Waals surface area (Å²) in [5.74, 6) is 0.992. The third kappa shape index (κ3) is 4.52. The molecule has 2 atom stereocenters. The standard InChI is InChI=1S/C14H23NO2S/c1-10-5-6-12(13(16)7-10)11(2)15-8-14(3,17)9-18-4/h5-7,11,15-17H,8-9H2,1-4H3. The van der Waals surface area contributed by atoms with Crippen molar-refractivity contribution < 1.29 is 10.2 Å². The molecular formula is C14H23NO2S. The van der Waals surface area contributed by atoms with Crippen LogP contribution in [0.1, 0.15) is 31.0 Å². The predicted octanol–water partition coefficient (Wildman–Crippen LogP) is 2.47. The summed E-state index contributed by atoms with van der Waals surface area (Å²) in [6, 6.07) is 5.67. The highest BCUT2D eigenvalue weighted by Gasteiger charge is 2.21. The third-order valence-electron chi connectivity index (χ3n) is 2.90. The molecule has 0 bridgehead atoms. The Balaban J connectivity index is 2.63. The van der Waals surface area contributed by atoms with Crippen LogP contribution in [0.15, 0.2) is 18.2 Å². The molecule has 0 saturated heterocycles. The molecule has 0 radical (unpaired) electrons. The van der Waals surface area contributed by atoms with Crippen LogP contribution in [0, 0.1) is 6.92 Å². The maximum Gasteiger partial charge on any atom is 0.120 e. The SMILES string of the molecule is CSCC(C)(O)CNC(C)c1ccc(C)cc1O. The van der Waals surface area contributed by atoms with E-state index >= 15 is 0 Å². The monoisotopic (exact) mass is 269 g/mol. The van der Waals surface area contributed by atoms with Crippen molar-refractivity contribution >= 4 is 11.8 Å². The van der Waals surface area contributed by atoms with Gasteiger partial charge in [-0.05, 0) is 38.7 Å². The number of nitrogens with one attached hydrogen (secondary N) is 1. The van der Waals surface area contributed by atoms with E-state index in [1.165, 1.54) is 0 Å². The fraction of sp³-hybridized carbons (Fsp3) is 0.571. The van der Waals surface area contributed by atoms with Crippen LogP contribution in [0.2, 0.25) is 0 Å². The second-order valence-electron chi connectivity index (χ2n) is 5.09. The molecular weight excluding hydrogens is 246 g/mol. The first kappa shape index (κ1) is 15.3. The fourth-order valence-electron chi connectivity index (χ4n) is 1.86. The summed E-state index contributed by atoms with van der Waals surface area (Å²) >= 11 is 1.62. The van der Waals surface area contributed by atoms with Gasteiger partial charge >= 0.3 is 0 Å². The minimum atomic E-state index is -0.728. The van der Waals surface area contributed by atoms with Gasteiger partial charge in [0.1, 0.15) is 5.75 Å². The van der Waals surface area contributed by atoms with E-state index in [1.54, 1.807) is 17.8 Å². The van der Waals surface area contributed by atoms with Gasteiger partial charge in [0, 0.05) is 23.9 Å². The Bertz CT molecular complexity index is 393. The van der Waals surface area contributed by atoms with Crippen molar-refractivity contribution in [3.8, 4) is 5.75 Å².